The van der Waals surface area contributed by atoms with Gasteiger partial charge in [-0.1, -0.05) is 30.7 Å². The molecule has 1 saturated heterocycles. The first kappa shape index (κ1) is 16.6. The monoisotopic (exact) mass is 358 g/mol. The first-order valence-corrected chi connectivity index (χ1v) is 9.34. The number of hydrogen-bond acceptors (Lipinski definition) is 3. The maximum atomic E-state index is 12.9. The molecule has 0 saturated carbocycles. The number of benzene rings is 1. The second-order valence-electron chi connectivity index (χ2n) is 7.53. The van der Waals surface area contributed by atoms with Gasteiger partial charge in [0.1, 0.15) is 12.2 Å². The fourth-order valence-corrected chi connectivity index (χ4v) is 4.20. The average molecular weight is 359 g/mol. The average Bonchev–Trinajstić information content (AvgIpc) is 3.10. The number of aromatic nitrogens is 3. The van der Waals surface area contributed by atoms with Gasteiger partial charge in [0.05, 0.1) is 5.92 Å². The molecule has 3 heterocycles. The van der Waals surface area contributed by atoms with Gasteiger partial charge in [-0.05, 0) is 42.4 Å². The number of amides is 1. The van der Waals surface area contributed by atoms with E-state index in [1.54, 1.807) is 6.33 Å². The zero-order valence-corrected chi connectivity index (χ0v) is 15.2. The molecule has 1 unspecified atom stereocenters. The lowest BCUT2D eigenvalue weighted by Gasteiger charge is -2.41. The maximum absolute atomic E-state index is 12.9. The molecular weight excluding hydrogens is 336 g/mol. The van der Waals surface area contributed by atoms with Crippen molar-refractivity contribution in [1.82, 2.24) is 19.7 Å². The zero-order valence-electron chi connectivity index (χ0n) is 14.5. The van der Waals surface area contributed by atoms with Crippen LogP contribution in [0.25, 0.3) is 0 Å². The molecule has 2 aliphatic heterocycles. The van der Waals surface area contributed by atoms with Gasteiger partial charge in [0.2, 0.25) is 5.91 Å². The first-order valence-electron chi connectivity index (χ1n) is 8.97. The minimum Gasteiger partial charge on any atom is -0.342 e. The third kappa shape index (κ3) is 3.17. The van der Waals surface area contributed by atoms with E-state index >= 15 is 0 Å². The van der Waals surface area contributed by atoms with Crippen LogP contribution in [-0.4, -0.2) is 38.7 Å². The summed E-state index contributed by atoms with van der Waals surface area (Å²) in [5.74, 6) is 1.35. The highest BCUT2D eigenvalue weighted by Gasteiger charge is 2.36. The standard InChI is InChI=1S/C19H23ClN4O/c1-19(15-3-5-16(20)6-4-15)8-10-23(11-9-19)18(25)14-2-7-17-22-21-13-24(17)12-14/h3-6,13-14H,2,7-12H2,1H3. The quantitative estimate of drug-likeness (QED) is 0.829. The second kappa shape index (κ2) is 6.45. The molecule has 1 aromatic heterocycles. The number of carbonyl (C=O) groups is 1. The summed E-state index contributed by atoms with van der Waals surface area (Å²) in [7, 11) is 0. The number of rotatable bonds is 2. The molecule has 0 aliphatic carbocycles. The molecule has 1 atom stereocenters. The molecule has 0 spiro atoms. The lowest BCUT2D eigenvalue weighted by molar-refractivity contribution is -0.138. The van der Waals surface area contributed by atoms with Crippen LogP contribution in [0, 0.1) is 5.92 Å². The van der Waals surface area contributed by atoms with Gasteiger partial charge >= 0.3 is 0 Å². The zero-order chi connectivity index (χ0) is 17.4. The maximum Gasteiger partial charge on any atom is 0.227 e. The summed E-state index contributed by atoms with van der Waals surface area (Å²) in [4.78, 5) is 15.0. The Labute approximate surface area is 153 Å². The fraction of sp³-hybridized carbons (Fsp3) is 0.526. The lowest BCUT2D eigenvalue weighted by atomic mass is 9.74. The van der Waals surface area contributed by atoms with Crippen molar-refractivity contribution in [3.05, 3.63) is 47.0 Å². The van der Waals surface area contributed by atoms with Crippen molar-refractivity contribution < 1.29 is 4.79 Å². The summed E-state index contributed by atoms with van der Waals surface area (Å²) in [5, 5.41) is 8.82. The predicted molar refractivity (Wildman–Crippen MR) is 96.5 cm³/mol. The first-order chi connectivity index (χ1) is 12.0. The van der Waals surface area contributed by atoms with Crippen LogP contribution in [0.5, 0.6) is 0 Å². The Morgan fingerprint density at radius 2 is 1.96 bits per heavy atom. The van der Waals surface area contributed by atoms with E-state index in [-0.39, 0.29) is 17.2 Å². The molecule has 0 radical (unpaired) electrons. The molecule has 6 heteroatoms. The number of nitrogens with zero attached hydrogens (tertiary/aromatic N) is 4. The number of fused-ring (bicyclic) bond motifs is 1. The van der Waals surface area contributed by atoms with E-state index in [1.807, 2.05) is 16.7 Å². The number of halogens is 1. The van der Waals surface area contributed by atoms with Gasteiger partial charge in [-0.3, -0.25) is 4.79 Å². The van der Waals surface area contributed by atoms with Crippen LogP contribution in [0.2, 0.25) is 5.02 Å². The molecule has 1 fully saturated rings. The SMILES string of the molecule is CC1(c2ccc(Cl)cc2)CCN(C(=O)C2CCc3nncn3C2)CC1. The van der Waals surface area contributed by atoms with Crippen molar-refractivity contribution in [3.63, 3.8) is 0 Å². The van der Waals surface area contributed by atoms with E-state index in [0.29, 0.717) is 6.54 Å². The molecule has 1 amide bonds. The third-order valence-corrected chi connectivity index (χ3v) is 6.15. The summed E-state index contributed by atoms with van der Waals surface area (Å²) in [6, 6.07) is 8.15. The van der Waals surface area contributed by atoms with Crippen LogP contribution in [0.15, 0.2) is 30.6 Å². The van der Waals surface area contributed by atoms with Gasteiger partial charge < -0.3 is 9.47 Å². The van der Waals surface area contributed by atoms with E-state index in [9.17, 15) is 4.79 Å². The van der Waals surface area contributed by atoms with Crippen LogP contribution in [-0.2, 0) is 23.2 Å². The molecular formula is C19H23ClN4O. The minimum atomic E-state index is 0.0587. The van der Waals surface area contributed by atoms with Crippen molar-refractivity contribution in [2.45, 2.75) is 44.6 Å². The largest absolute Gasteiger partial charge is 0.342 e. The summed E-state index contributed by atoms with van der Waals surface area (Å²) in [6.07, 6.45) is 5.44. The number of carbonyl (C=O) groups excluding carboxylic acids is 1. The van der Waals surface area contributed by atoms with Crippen molar-refractivity contribution in [1.29, 1.82) is 0 Å². The van der Waals surface area contributed by atoms with Crippen LogP contribution in [0.1, 0.15) is 37.6 Å². The van der Waals surface area contributed by atoms with Crippen LogP contribution >= 0.6 is 11.6 Å². The van der Waals surface area contributed by atoms with E-state index in [1.165, 1.54) is 5.56 Å². The number of piperidine rings is 1. The van der Waals surface area contributed by atoms with Gasteiger partial charge in [0.15, 0.2) is 0 Å². The Balaban J connectivity index is 1.40. The Morgan fingerprint density at radius 3 is 2.68 bits per heavy atom. The Hall–Kier alpha value is -1.88. The Kier molecular flexibility index (Phi) is 4.28. The third-order valence-electron chi connectivity index (χ3n) is 5.90. The molecule has 4 rings (SSSR count). The van der Waals surface area contributed by atoms with Crippen molar-refractivity contribution in [2.75, 3.05) is 13.1 Å². The van der Waals surface area contributed by atoms with E-state index in [0.717, 1.165) is 49.6 Å². The van der Waals surface area contributed by atoms with E-state index in [2.05, 4.69) is 34.2 Å². The molecule has 25 heavy (non-hydrogen) atoms. The predicted octanol–water partition coefficient (Wildman–Crippen LogP) is 3.07. The molecule has 2 aliphatic rings. The number of likely N-dealkylation sites (tertiary alicyclic amines) is 1. The molecule has 5 nitrogen and oxygen atoms in total. The second-order valence-corrected chi connectivity index (χ2v) is 7.96. The van der Waals surface area contributed by atoms with Crippen molar-refractivity contribution in [3.8, 4) is 0 Å². The summed E-state index contributed by atoms with van der Waals surface area (Å²) < 4.78 is 2.02. The highest BCUT2D eigenvalue weighted by atomic mass is 35.5. The Bertz CT molecular complexity index is 762. The fourth-order valence-electron chi connectivity index (χ4n) is 4.08. The van der Waals surface area contributed by atoms with Gasteiger partial charge in [0, 0.05) is 31.1 Å². The highest BCUT2D eigenvalue weighted by molar-refractivity contribution is 6.30. The van der Waals surface area contributed by atoms with E-state index < -0.39 is 0 Å². The molecule has 1 aromatic carbocycles. The van der Waals surface area contributed by atoms with Crippen LogP contribution in [0.3, 0.4) is 0 Å². The summed E-state index contributed by atoms with van der Waals surface area (Å²) >= 11 is 6.01. The molecule has 0 N–H and O–H groups in total. The highest BCUT2D eigenvalue weighted by Crippen LogP contribution is 2.36. The number of aryl methyl sites for hydroxylation is 1. The molecule has 2 aromatic rings. The van der Waals surface area contributed by atoms with Crippen molar-refractivity contribution >= 4 is 17.5 Å². The summed E-state index contributed by atoms with van der Waals surface area (Å²) in [6.45, 7) is 4.65. The van der Waals surface area contributed by atoms with Crippen molar-refractivity contribution in [2.24, 2.45) is 5.92 Å². The smallest absolute Gasteiger partial charge is 0.227 e. The number of hydrogen-bond donors (Lipinski definition) is 0. The van der Waals surface area contributed by atoms with E-state index in [4.69, 9.17) is 11.6 Å². The molecule has 0 bridgehead atoms. The van der Waals surface area contributed by atoms with Gasteiger partial charge in [-0.25, -0.2) is 0 Å². The normalized spacial score (nSPS) is 22.5. The van der Waals surface area contributed by atoms with Crippen LogP contribution in [0.4, 0.5) is 0 Å². The molecule has 132 valence electrons. The van der Waals surface area contributed by atoms with Gasteiger partial charge in [-0.2, -0.15) is 0 Å². The topological polar surface area (TPSA) is 51.0 Å². The lowest BCUT2D eigenvalue weighted by Crippen LogP contribution is -2.47. The summed E-state index contributed by atoms with van der Waals surface area (Å²) in [5.41, 5.74) is 1.44. The minimum absolute atomic E-state index is 0.0587. The van der Waals surface area contributed by atoms with Gasteiger partial charge in [0.25, 0.3) is 0 Å². The van der Waals surface area contributed by atoms with Gasteiger partial charge in [-0.15, -0.1) is 10.2 Å². The Morgan fingerprint density at radius 1 is 1.24 bits per heavy atom. The van der Waals surface area contributed by atoms with Crippen LogP contribution < -0.4 is 0 Å².